The van der Waals surface area contributed by atoms with Crippen LogP contribution in [0.5, 0.6) is 0 Å². The fourth-order valence-corrected chi connectivity index (χ4v) is 2.47. The lowest BCUT2D eigenvalue weighted by atomic mass is 9.69. The minimum Gasteiger partial charge on any atom is -0.261 e. The molecule has 1 nitrogen and oxygen atoms in total. The molecule has 1 heterocycles. The Morgan fingerprint density at radius 3 is 2.92 bits per heavy atom. The summed E-state index contributed by atoms with van der Waals surface area (Å²) in [7, 11) is 0. The number of hydrogen-bond acceptors (Lipinski definition) is 1. The molecule has 1 aliphatic heterocycles. The Labute approximate surface area is 78.5 Å². The van der Waals surface area contributed by atoms with Gasteiger partial charge in [-0.1, -0.05) is 18.2 Å². The van der Waals surface area contributed by atoms with E-state index in [4.69, 9.17) is 0 Å². The SMILES string of the molecule is C1=Nc2ccccc2C2CC[C@H]2C1. The highest BCUT2D eigenvalue weighted by Gasteiger charge is 2.33. The first-order chi connectivity index (χ1) is 6.45. The van der Waals surface area contributed by atoms with Crippen LogP contribution in [0.15, 0.2) is 29.3 Å². The molecule has 0 spiro atoms. The second-order valence-electron chi connectivity index (χ2n) is 4.05. The van der Waals surface area contributed by atoms with Crippen LogP contribution in [-0.4, -0.2) is 6.21 Å². The van der Waals surface area contributed by atoms with Crippen molar-refractivity contribution in [2.24, 2.45) is 10.9 Å². The van der Waals surface area contributed by atoms with Crippen molar-refractivity contribution in [3.05, 3.63) is 29.8 Å². The van der Waals surface area contributed by atoms with Crippen molar-refractivity contribution in [3.8, 4) is 0 Å². The van der Waals surface area contributed by atoms with Crippen molar-refractivity contribution in [2.45, 2.75) is 25.2 Å². The molecular formula is C12H13N. The maximum atomic E-state index is 4.50. The summed E-state index contributed by atoms with van der Waals surface area (Å²) in [5.74, 6) is 1.69. The molecule has 1 aliphatic carbocycles. The lowest BCUT2D eigenvalue weighted by Gasteiger charge is -2.35. The molecule has 1 saturated carbocycles. The molecule has 1 unspecified atom stereocenters. The number of aliphatic imine (C=N–C) groups is 1. The van der Waals surface area contributed by atoms with Crippen LogP contribution in [-0.2, 0) is 0 Å². The molecule has 0 N–H and O–H groups in total. The van der Waals surface area contributed by atoms with Crippen LogP contribution in [0, 0.1) is 5.92 Å². The molecule has 66 valence electrons. The van der Waals surface area contributed by atoms with Gasteiger partial charge in [-0.25, -0.2) is 0 Å². The Bertz CT molecular complexity index is 354. The van der Waals surface area contributed by atoms with E-state index in [2.05, 4.69) is 35.5 Å². The zero-order valence-corrected chi connectivity index (χ0v) is 7.61. The van der Waals surface area contributed by atoms with Gasteiger partial charge < -0.3 is 0 Å². The molecule has 2 atom stereocenters. The van der Waals surface area contributed by atoms with Crippen molar-refractivity contribution in [2.75, 3.05) is 0 Å². The zero-order valence-electron chi connectivity index (χ0n) is 7.61. The Morgan fingerprint density at radius 1 is 1.15 bits per heavy atom. The number of benzene rings is 1. The highest BCUT2D eigenvalue weighted by molar-refractivity contribution is 5.68. The third-order valence-corrected chi connectivity index (χ3v) is 3.39. The maximum Gasteiger partial charge on any atom is 0.0660 e. The van der Waals surface area contributed by atoms with E-state index in [1.54, 1.807) is 0 Å². The van der Waals surface area contributed by atoms with Crippen LogP contribution >= 0.6 is 0 Å². The molecule has 13 heavy (non-hydrogen) atoms. The van der Waals surface area contributed by atoms with Gasteiger partial charge in [0.2, 0.25) is 0 Å². The average Bonchev–Trinajstić information content (AvgIpc) is 2.23. The molecule has 0 saturated heterocycles. The normalized spacial score (nSPS) is 29.8. The van der Waals surface area contributed by atoms with E-state index in [1.165, 1.54) is 30.5 Å². The number of rotatable bonds is 0. The monoisotopic (exact) mass is 171 g/mol. The highest BCUT2D eigenvalue weighted by atomic mass is 14.7. The summed E-state index contributed by atoms with van der Waals surface area (Å²) in [4.78, 5) is 4.50. The topological polar surface area (TPSA) is 12.4 Å². The van der Waals surface area contributed by atoms with Crippen molar-refractivity contribution >= 4 is 11.9 Å². The van der Waals surface area contributed by atoms with Crippen LogP contribution in [0.2, 0.25) is 0 Å². The summed E-state index contributed by atoms with van der Waals surface area (Å²) in [5.41, 5.74) is 2.68. The van der Waals surface area contributed by atoms with Crippen LogP contribution in [0.4, 0.5) is 5.69 Å². The average molecular weight is 171 g/mol. The predicted molar refractivity (Wildman–Crippen MR) is 54.7 cm³/mol. The number of nitrogens with zero attached hydrogens (tertiary/aromatic N) is 1. The lowest BCUT2D eigenvalue weighted by Crippen LogP contribution is -2.23. The molecule has 0 bridgehead atoms. The molecule has 1 aromatic rings. The van der Waals surface area contributed by atoms with Gasteiger partial charge in [0.15, 0.2) is 0 Å². The molecule has 0 radical (unpaired) electrons. The summed E-state index contributed by atoms with van der Waals surface area (Å²) in [6.07, 6.45) is 6.04. The third-order valence-electron chi connectivity index (χ3n) is 3.39. The standard InChI is InChI=1S/C12H13N/c1-2-4-12-11(3-1)10-6-5-9(10)7-8-13-12/h1-4,8-10H,5-7H2/t9-,10?/m0/s1. The number of hydrogen-bond donors (Lipinski definition) is 0. The van der Waals surface area contributed by atoms with E-state index < -0.39 is 0 Å². The summed E-state index contributed by atoms with van der Waals surface area (Å²) in [6, 6.07) is 8.59. The van der Waals surface area contributed by atoms with Gasteiger partial charge in [-0.2, -0.15) is 0 Å². The largest absolute Gasteiger partial charge is 0.261 e. The summed E-state index contributed by atoms with van der Waals surface area (Å²) >= 11 is 0. The van der Waals surface area contributed by atoms with E-state index >= 15 is 0 Å². The van der Waals surface area contributed by atoms with Gasteiger partial charge in [0.1, 0.15) is 0 Å². The minimum atomic E-state index is 0.804. The van der Waals surface area contributed by atoms with Gasteiger partial charge in [-0.05, 0) is 42.7 Å². The summed E-state index contributed by atoms with van der Waals surface area (Å²) in [5, 5.41) is 0. The highest BCUT2D eigenvalue weighted by Crippen LogP contribution is 2.48. The first-order valence-electron chi connectivity index (χ1n) is 5.06. The van der Waals surface area contributed by atoms with E-state index in [1.807, 2.05) is 0 Å². The van der Waals surface area contributed by atoms with E-state index in [-0.39, 0.29) is 0 Å². The molecule has 0 aromatic heterocycles. The van der Waals surface area contributed by atoms with Crippen LogP contribution in [0.1, 0.15) is 30.7 Å². The van der Waals surface area contributed by atoms with E-state index in [9.17, 15) is 0 Å². The van der Waals surface area contributed by atoms with Crippen LogP contribution in [0.25, 0.3) is 0 Å². The maximum absolute atomic E-state index is 4.50. The number of para-hydroxylation sites is 1. The quantitative estimate of drug-likeness (QED) is 0.568. The molecule has 1 fully saturated rings. The van der Waals surface area contributed by atoms with Crippen molar-refractivity contribution in [1.82, 2.24) is 0 Å². The first-order valence-corrected chi connectivity index (χ1v) is 5.06. The summed E-state index contributed by atoms with van der Waals surface area (Å²) < 4.78 is 0. The molecule has 3 rings (SSSR count). The Kier molecular flexibility index (Phi) is 1.51. The summed E-state index contributed by atoms with van der Waals surface area (Å²) in [6.45, 7) is 0. The molecular weight excluding hydrogens is 158 g/mol. The Balaban J connectivity index is 2.11. The molecule has 1 aromatic carbocycles. The van der Waals surface area contributed by atoms with E-state index in [0.29, 0.717) is 0 Å². The van der Waals surface area contributed by atoms with Crippen molar-refractivity contribution < 1.29 is 0 Å². The third kappa shape index (κ3) is 1.03. The fraction of sp³-hybridized carbons (Fsp3) is 0.417. The second kappa shape index (κ2) is 2.69. The minimum absolute atomic E-state index is 0.804. The first kappa shape index (κ1) is 7.31. The van der Waals surface area contributed by atoms with Gasteiger partial charge >= 0.3 is 0 Å². The van der Waals surface area contributed by atoms with Gasteiger partial charge in [0, 0.05) is 6.21 Å². The lowest BCUT2D eigenvalue weighted by molar-refractivity contribution is 0.268. The van der Waals surface area contributed by atoms with Gasteiger partial charge in [-0.3, -0.25) is 4.99 Å². The Morgan fingerprint density at radius 2 is 2.08 bits per heavy atom. The molecule has 1 heteroatoms. The number of fused-ring (bicyclic) bond motifs is 3. The zero-order chi connectivity index (χ0) is 8.67. The van der Waals surface area contributed by atoms with Gasteiger partial charge in [-0.15, -0.1) is 0 Å². The smallest absolute Gasteiger partial charge is 0.0660 e. The van der Waals surface area contributed by atoms with Crippen molar-refractivity contribution in [1.29, 1.82) is 0 Å². The van der Waals surface area contributed by atoms with Crippen LogP contribution < -0.4 is 0 Å². The molecule has 0 amide bonds. The van der Waals surface area contributed by atoms with E-state index in [0.717, 1.165) is 11.8 Å². The molecule has 2 aliphatic rings. The second-order valence-corrected chi connectivity index (χ2v) is 4.05. The fourth-order valence-electron chi connectivity index (χ4n) is 2.47. The van der Waals surface area contributed by atoms with Gasteiger partial charge in [0.05, 0.1) is 5.69 Å². The van der Waals surface area contributed by atoms with Crippen molar-refractivity contribution in [3.63, 3.8) is 0 Å². The predicted octanol–water partition coefficient (Wildman–Crippen LogP) is 3.29. The Hall–Kier alpha value is -1.11. The van der Waals surface area contributed by atoms with Crippen LogP contribution in [0.3, 0.4) is 0 Å². The van der Waals surface area contributed by atoms with Gasteiger partial charge in [0.25, 0.3) is 0 Å².